The van der Waals surface area contributed by atoms with Gasteiger partial charge in [-0.05, 0) is 19.8 Å². The van der Waals surface area contributed by atoms with Crippen molar-refractivity contribution in [3.05, 3.63) is 11.1 Å². The Bertz CT molecular complexity index is 399. The first-order chi connectivity index (χ1) is 10.4. The van der Waals surface area contributed by atoms with Crippen LogP contribution < -0.4 is 0 Å². The molecule has 0 aliphatic carbocycles. The molecule has 0 fully saturated rings. The van der Waals surface area contributed by atoms with E-state index in [2.05, 4.69) is 12.6 Å². The van der Waals surface area contributed by atoms with Crippen molar-refractivity contribution in [2.75, 3.05) is 13.2 Å². The lowest BCUT2D eigenvalue weighted by molar-refractivity contribution is -0.143. The van der Waals surface area contributed by atoms with E-state index >= 15 is 0 Å². The van der Waals surface area contributed by atoms with Crippen LogP contribution in [0.5, 0.6) is 0 Å². The van der Waals surface area contributed by atoms with Crippen LogP contribution in [0.2, 0.25) is 0 Å². The van der Waals surface area contributed by atoms with Crippen LogP contribution in [0, 0.1) is 0 Å². The first-order valence-corrected chi connectivity index (χ1v) is 9.35. The lowest BCUT2D eigenvalue weighted by Crippen LogP contribution is -2.27. The zero-order valence-electron chi connectivity index (χ0n) is 12.6. The molecular weight excluding hydrogens is 449 g/mol. The Morgan fingerprint density at radius 1 is 1.04 bits per heavy atom. The molecule has 0 amide bonds. The predicted octanol–water partition coefficient (Wildman–Crippen LogP) is 6.05. The van der Waals surface area contributed by atoms with Crippen LogP contribution in [0.1, 0.15) is 33.1 Å². The molecule has 0 saturated carbocycles. The van der Waals surface area contributed by atoms with Crippen molar-refractivity contribution in [2.45, 2.75) is 47.0 Å². The number of carbonyl (C=O) groups is 1. The zero-order chi connectivity index (χ0) is 18.3. The van der Waals surface area contributed by atoms with Crippen LogP contribution in [-0.4, -0.2) is 32.2 Å². The van der Waals surface area contributed by atoms with Gasteiger partial charge in [0, 0.05) is 12.0 Å². The third-order valence-corrected chi connectivity index (χ3v) is 3.72. The van der Waals surface area contributed by atoms with Gasteiger partial charge in [-0.15, -0.1) is 12.6 Å². The van der Waals surface area contributed by atoms with Gasteiger partial charge in [0.1, 0.15) is 0 Å². The summed E-state index contributed by atoms with van der Waals surface area (Å²) in [4.78, 5) is 11.6. The summed E-state index contributed by atoms with van der Waals surface area (Å²) < 4.78 is 7.59. The molecule has 0 saturated heterocycles. The van der Waals surface area contributed by atoms with Crippen LogP contribution in [0.3, 0.4) is 0 Å². The highest BCUT2D eigenvalue weighted by atomic mass is 35.6. The number of halogens is 6. The van der Waals surface area contributed by atoms with E-state index in [9.17, 15) is 4.79 Å². The Morgan fingerprint density at radius 3 is 1.78 bits per heavy atom. The zero-order valence-corrected chi connectivity index (χ0v) is 18.0. The van der Waals surface area contributed by atoms with Gasteiger partial charge in [0.2, 0.25) is 12.7 Å². The average Bonchev–Trinajstić information content (AvgIpc) is 2.38. The standard InChI is InChI=1S/C13H18Cl6O3S/c1-3-8(2)9(11(20)23)4-5-10(21-6-12(14,15)16)22-7-13(17,18)19/h10H,3-7H2,1-2H3,(H,20,23)/b9-8-. The number of alkyl halides is 6. The second-order valence-corrected chi connectivity index (χ2v) is 10.2. The van der Waals surface area contributed by atoms with E-state index in [0.717, 1.165) is 12.0 Å². The van der Waals surface area contributed by atoms with Crippen LogP contribution in [-0.2, 0) is 14.3 Å². The molecule has 0 aromatic heterocycles. The van der Waals surface area contributed by atoms with Gasteiger partial charge in [-0.3, -0.25) is 4.79 Å². The maximum Gasteiger partial charge on any atom is 0.213 e. The Kier molecular flexibility index (Phi) is 11.9. The topological polar surface area (TPSA) is 35.5 Å². The van der Waals surface area contributed by atoms with Crippen LogP contribution >= 0.6 is 82.2 Å². The van der Waals surface area contributed by atoms with E-state index in [1.807, 2.05) is 13.8 Å². The van der Waals surface area contributed by atoms with E-state index in [4.69, 9.17) is 79.1 Å². The monoisotopic (exact) mass is 464 g/mol. The fraction of sp³-hybridized carbons (Fsp3) is 0.769. The summed E-state index contributed by atoms with van der Waals surface area (Å²) in [5.74, 6) is 0. The minimum absolute atomic E-state index is 0.206. The van der Waals surface area contributed by atoms with E-state index in [0.29, 0.717) is 18.4 Å². The average molecular weight is 467 g/mol. The number of ether oxygens (including phenoxy) is 2. The molecule has 0 rings (SSSR count). The molecule has 0 bridgehead atoms. The number of thiol groups is 1. The molecule has 0 spiro atoms. The lowest BCUT2D eigenvalue weighted by atomic mass is 10.0. The van der Waals surface area contributed by atoms with Gasteiger partial charge in [-0.25, -0.2) is 0 Å². The van der Waals surface area contributed by atoms with Gasteiger partial charge >= 0.3 is 0 Å². The molecule has 0 N–H and O–H groups in total. The molecule has 0 heterocycles. The Morgan fingerprint density at radius 2 is 1.48 bits per heavy atom. The maximum absolute atomic E-state index is 11.6. The van der Waals surface area contributed by atoms with Crippen LogP contribution in [0.25, 0.3) is 0 Å². The highest BCUT2D eigenvalue weighted by molar-refractivity contribution is 7.97. The lowest BCUT2D eigenvalue weighted by Gasteiger charge is -2.23. The third kappa shape index (κ3) is 13.3. The minimum Gasteiger partial charge on any atom is -0.348 e. The van der Waals surface area contributed by atoms with Crippen molar-refractivity contribution < 1.29 is 14.3 Å². The molecule has 136 valence electrons. The summed E-state index contributed by atoms with van der Waals surface area (Å²) >= 11 is 37.8. The van der Waals surface area contributed by atoms with Crippen LogP contribution in [0.4, 0.5) is 0 Å². The highest BCUT2D eigenvalue weighted by Gasteiger charge is 2.26. The second kappa shape index (κ2) is 11.2. The summed E-state index contributed by atoms with van der Waals surface area (Å²) in [6.07, 6.45) is 0.636. The molecular formula is C13H18Cl6O3S. The van der Waals surface area contributed by atoms with E-state index in [1.165, 1.54) is 0 Å². The van der Waals surface area contributed by atoms with Crippen LogP contribution in [0.15, 0.2) is 11.1 Å². The molecule has 0 unspecified atom stereocenters. The van der Waals surface area contributed by atoms with Crippen molar-refractivity contribution in [1.29, 1.82) is 0 Å². The predicted molar refractivity (Wildman–Crippen MR) is 102 cm³/mol. The summed E-state index contributed by atoms with van der Waals surface area (Å²) in [5.41, 5.74) is 1.53. The normalized spacial score (nSPS) is 14.2. The Hall–Kier alpha value is 1.42. The molecule has 0 aromatic rings. The van der Waals surface area contributed by atoms with Gasteiger partial charge in [-0.1, -0.05) is 82.1 Å². The quantitative estimate of drug-likeness (QED) is 0.194. The molecule has 0 radical (unpaired) electrons. The summed E-state index contributed by atoms with van der Waals surface area (Å²) in [6, 6.07) is 0. The highest BCUT2D eigenvalue weighted by Crippen LogP contribution is 2.30. The van der Waals surface area contributed by atoms with Gasteiger partial charge in [0.05, 0.1) is 13.2 Å². The smallest absolute Gasteiger partial charge is 0.213 e. The number of allylic oxidation sites excluding steroid dienone is 1. The maximum atomic E-state index is 11.6. The van der Waals surface area contributed by atoms with Crippen molar-refractivity contribution in [3.63, 3.8) is 0 Å². The molecule has 0 aromatic carbocycles. The van der Waals surface area contributed by atoms with Gasteiger partial charge in [-0.2, -0.15) is 0 Å². The second-order valence-electron chi connectivity index (χ2n) is 4.74. The fourth-order valence-corrected chi connectivity index (χ4v) is 2.25. The SMILES string of the molecule is CC/C(C)=C(/CCC(OCC(Cl)(Cl)Cl)OCC(Cl)(Cl)Cl)C(=O)S. The number of rotatable bonds is 9. The molecule has 23 heavy (non-hydrogen) atoms. The van der Waals surface area contributed by atoms with Crippen molar-refractivity contribution >= 4 is 87.3 Å². The van der Waals surface area contributed by atoms with E-state index in [1.54, 1.807) is 0 Å². The first-order valence-electron chi connectivity index (χ1n) is 6.64. The Labute approximate surface area is 172 Å². The van der Waals surface area contributed by atoms with Gasteiger partial charge in [0.25, 0.3) is 0 Å². The number of hydrogen-bond donors (Lipinski definition) is 1. The number of hydrogen-bond acceptors (Lipinski definition) is 3. The van der Waals surface area contributed by atoms with Crippen molar-refractivity contribution in [2.24, 2.45) is 0 Å². The fourth-order valence-electron chi connectivity index (χ4n) is 1.57. The summed E-state index contributed by atoms with van der Waals surface area (Å²) in [5, 5.41) is -0.300. The van der Waals surface area contributed by atoms with Crippen molar-refractivity contribution in [3.8, 4) is 0 Å². The van der Waals surface area contributed by atoms with Crippen molar-refractivity contribution in [1.82, 2.24) is 0 Å². The first kappa shape index (κ1) is 24.4. The molecule has 10 heteroatoms. The largest absolute Gasteiger partial charge is 0.348 e. The summed E-state index contributed by atoms with van der Waals surface area (Å²) in [6.45, 7) is 3.40. The van der Waals surface area contributed by atoms with Gasteiger partial charge < -0.3 is 9.47 Å². The van der Waals surface area contributed by atoms with E-state index < -0.39 is 13.9 Å². The third-order valence-electron chi connectivity index (χ3n) is 2.80. The molecule has 0 aliphatic rings. The van der Waals surface area contributed by atoms with Gasteiger partial charge in [0.15, 0.2) is 6.29 Å². The molecule has 0 aliphatic heterocycles. The summed E-state index contributed by atoms with van der Waals surface area (Å²) in [7, 11) is 0. The molecule has 0 atom stereocenters. The number of carbonyl (C=O) groups excluding carboxylic acids is 1. The minimum atomic E-state index is -1.60. The molecule has 3 nitrogen and oxygen atoms in total. The van der Waals surface area contributed by atoms with E-state index in [-0.39, 0.29) is 18.3 Å². The Balaban J connectivity index is 4.82.